The van der Waals surface area contributed by atoms with Crippen LogP contribution in [0.1, 0.15) is 6.42 Å². The van der Waals surface area contributed by atoms with Crippen LogP contribution in [0.3, 0.4) is 0 Å². The molecule has 0 bridgehead atoms. The first-order chi connectivity index (χ1) is 14.7. The Hall–Kier alpha value is -3.82. The fourth-order valence-corrected chi connectivity index (χ4v) is 3.34. The maximum Gasteiger partial charge on any atom is 0.409 e. The molecule has 1 unspecified atom stereocenters. The van der Waals surface area contributed by atoms with Gasteiger partial charge in [0.05, 0.1) is 17.8 Å². The van der Waals surface area contributed by atoms with Gasteiger partial charge in [-0.2, -0.15) is 13.2 Å². The van der Waals surface area contributed by atoms with Crippen LogP contribution >= 0.6 is 0 Å². The van der Waals surface area contributed by atoms with E-state index in [-0.39, 0.29) is 22.7 Å². The number of benzene rings is 2. The average Bonchev–Trinajstić information content (AvgIpc) is 2.87. The molecule has 1 aliphatic heterocycles. The molecule has 2 aromatic carbocycles. The Balaban J connectivity index is 1.63. The highest BCUT2D eigenvalue weighted by atomic mass is 19.4. The second-order valence-corrected chi connectivity index (χ2v) is 6.83. The summed E-state index contributed by atoms with van der Waals surface area (Å²) in [6.45, 7) is -0.725. The molecule has 4 rings (SSSR count). The zero-order valence-electron chi connectivity index (χ0n) is 15.8. The number of fused-ring (bicyclic) bond motifs is 2. The quantitative estimate of drug-likeness (QED) is 0.641. The number of hydrogen-bond donors (Lipinski definition) is 1. The number of nitrogens with zero attached hydrogens (tertiary/aromatic N) is 1. The van der Waals surface area contributed by atoms with Crippen molar-refractivity contribution < 1.29 is 31.9 Å². The van der Waals surface area contributed by atoms with Gasteiger partial charge in [-0.05, 0) is 30.3 Å². The zero-order valence-corrected chi connectivity index (χ0v) is 15.8. The zero-order chi connectivity index (χ0) is 22.2. The molecule has 31 heavy (non-hydrogen) atoms. The Morgan fingerprint density at radius 3 is 2.65 bits per heavy atom. The predicted octanol–water partition coefficient (Wildman–Crippen LogP) is 3.48. The van der Waals surface area contributed by atoms with E-state index in [0.29, 0.717) is 10.3 Å². The van der Waals surface area contributed by atoms with Crippen LogP contribution in [0.25, 0.3) is 11.0 Å². The van der Waals surface area contributed by atoms with E-state index in [1.807, 2.05) is 0 Å². The normalized spacial score (nSPS) is 16.4. The van der Waals surface area contributed by atoms with Gasteiger partial charge in [-0.15, -0.1) is 0 Å². The van der Waals surface area contributed by atoms with Crippen molar-refractivity contribution in [1.29, 1.82) is 0 Å². The van der Waals surface area contributed by atoms with Gasteiger partial charge in [-0.1, -0.05) is 12.1 Å². The first kappa shape index (κ1) is 20.5. The van der Waals surface area contributed by atoms with Gasteiger partial charge in [-0.25, -0.2) is 4.79 Å². The lowest BCUT2D eigenvalue weighted by Gasteiger charge is -2.31. The molecule has 3 aromatic rings. The Labute approximate surface area is 173 Å². The molecule has 0 radical (unpaired) electrons. The van der Waals surface area contributed by atoms with E-state index in [4.69, 9.17) is 9.15 Å². The van der Waals surface area contributed by atoms with Crippen LogP contribution in [0.4, 0.5) is 24.5 Å². The predicted molar refractivity (Wildman–Crippen MR) is 105 cm³/mol. The van der Waals surface area contributed by atoms with E-state index in [9.17, 15) is 27.6 Å². The molecule has 0 fully saturated rings. The Morgan fingerprint density at radius 1 is 1.13 bits per heavy atom. The van der Waals surface area contributed by atoms with Crippen LogP contribution in [0.2, 0.25) is 0 Å². The number of amides is 2. The maximum atomic E-state index is 13.7. The number of nitrogens with one attached hydrogen (secondary N) is 1. The summed E-state index contributed by atoms with van der Waals surface area (Å²) < 4.78 is 51.6. The van der Waals surface area contributed by atoms with Crippen LogP contribution in [-0.4, -0.2) is 30.6 Å². The van der Waals surface area contributed by atoms with E-state index < -0.39 is 42.7 Å². The summed E-state index contributed by atoms with van der Waals surface area (Å²) in [5.41, 5.74) is -0.346. The molecular weight excluding hydrogens is 417 g/mol. The van der Waals surface area contributed by atoms with Gasteiger partial charge >= 0.3 is 11.8 Å². The minimum Gasteiger partial charge on any atom is -0.484 e. The molecule has 0 saturated carbocycles. The Bertz CT molecular complexity index is 1220. The fraction of sp³-hybridized carbons (Fsp3) is 0.190. The minimum atomic E-state index is -4.84. The summed E-state index contributed by atoms with van der Waals surface area (Å²) in [4.78, 5) is 36.7. The Kier molecular flexibility index (Phi) is 5.14. The van der Waals surface area contributed by atoms with E-state index in [0.717, 1.165) is 0 Å². The number of halogens is 3. The summed E-state index contributed by atoms with van der Waals surface area (Å²) in [5.74, 6) is -1.70. The molecule has 2 amide bonds. The summed E-state index contributed by atoms with van der Waals surface area (Å²) in [6, 6.07) is 10.6. The van der Waals surface area contributed by atoms with Crippen molar-refractivity contribution in [3.63, 3.8) is 0 Å². The third-order valence-electron chi connectivity index (χ3n) is 4.73. The van der Waals surface area contributed by atoms with E-state index in [2.05, 4.69) is 5.32 Å². The monoisotopic (exact) mass is 432 g/mol. The molecule has 10 heteroatoms. The maximum absolute atomic E-state index is 13.7. The summed E-state index contributed by atoms with van der Waals surface area (Å²) >= 11 is 0. The highest BCUT2D eigenvalue weighted by Gasteiger charge is 2.49. The lowest BCUT2D eigenvalue weighted by Crippen LogP contribution is -2.51. The number of anilines is 2. The summed E-state index contributed by atoms with van der Waals surface area (Å²) in [6.07, 6.45) is -5.78. The van der Waals surface area contributed by atoms with Crippen molar-refractivity contribution in [2.75, 3.05) is 16.8 Å². The van der Waals surface area contributed by atoms with Gasteiger partial charge in [0.25, 0.3) is 5.91 Å². The topological polar surface area (TPSA) is 88.8 Å². The Morgan fingerprint density at radius 2 is 1.87 bits per heavy atom. The fourth-order valence-electron chi connectivity index (χ4n) is 3.34. The van der Waals surface area contributed by atoms with Crippen molar-refractivity contribution in [3.8, 4) is 5.75 Å². The third-order valence-corrected chi connectivity index (χ3v) is 4.73. The van der Waals surface area contributed by atoms with E-state index >= 15 is 0 Å². The van der Waals surface area contributed by atoms with Crippen molar-refractivity contribution in [1.82, 2.24) is 0 Å². The standard InChI is InChI=1S/C21H15F3N2O5/c22-21(23,24)17-10-18(27)25-14-3-1-2-4-15(14)26(17)19(28)11-30-13-7-5-12-6-8-20(29)31-16(12)9-13/h1-9,17H,10-11H2,(H,25,27). The van der Waals surface area contributed by atoms with Crippen molar-refractivity contribution in [3.05, 3.63) is 65.0 Å². The summed E-state index contributed by atoms with van der Waals surface area (Å²) in [5, 5.41) is 3.01. The second kappa shape index (κ2) is 7.78. The van der Waals surface area contributed by atoms with Crippen molar-refractivity contribution in [2.45, 2.75) is 18.6 Å². The van der Waals surface area contributed by atoms with Crippen LogP contribution in [0.5, 0.6) is 5.75 Å². The van der Waals surface area contributed by atoms with Crippen LogP contribution in [0.15, 0.2) is 63.8 Å². The molecule has 7 nitrogen and oxygen atoms in total. The first-order valence-electron chi connectivity index (χ1n) is 9.17. The van der Waals surface area contributed by atoms with Crippen molar-refractivity contribution in [2.24, 2.45) is 0 Å². The van der Waals surface area contributed by atoms with Gasteiger partial charge in [0.15, 0.2) is 6.61 Å². The number of carbonyl (C=O) groups excluding carboxylic acids is 2. The molecule has 0 aliphatic carbocycles. The number of alkyl halides is 3. The third kappa shape index (κ3) is 4.23. The average molecular weight is 432 g/mol. The first-order valence-corrected chi connectivity index (χ1v) is 9.17. The molecule has 1 aliphatic rings. The highest BCUT2D eigenvalue weighted by molar-refractivity contribution is 6.05. The second-order valence-electron chi connectivity index (χ2n) is 6.83. The highest BCUT2D eigenvalue weighted by Crippen LogP contribution is 2.37. The molecule has 160 valence electrons. The van der Waals surface area contributed by atoms with Gasteiger partial charge in [0.1, 0.15) is 17.4 Å². The molecule has 0 spiro atoms. The van der Waals surface area contributed by atoms with Crippen molar-refractivity contribution >= 4 is 34.2 Å². The number of carbonyl (C=O) groups is 2. The number of rotatable bonds is 3. The molecule has 1 N–H and O–H groups in total. The molecular formula is C21H15F3N2O5. The van der Waals surface area contributed by atoms with Crippen LogP contribution in [0, 0.1) is 0 Å². The molecule has 0 saturated heterocycles. The number of para-hydroxylation sites is 2. The van der Waals surface area contributed by atoms with Gasteiger partial charge in [0, 0.05) is 17.5 Å². The lowest BCUT2D eigenvalue weighted by atomic mass is 10.1. The van der Waals surface area contributed by atoms with Gasteiger partial charge in [-0.3, -0.25) is 14.5 Å². The van der Waals surface area contributed by atoms with Gasteiger partial charge in [0.2, 0.25) is 5.91 Å². The van der Waals surface area contributed by atoms with E-state index in [1.54, 1.807) is 12.1 Å². The lowest BCUT2D eigenvalue weighted by molar-refractivity contribution is -0.158. The molecule has 1 atom stereocenters. The van der Waals surface area contributed by atoms with Crippen LogP contribution in [-0.2, 0) is 9.59 Å². The van der Waals surface area contributed by atoms with E-state index in [1.165, 1.54) is 42.5 Å². The minimum absolute atomic E-state index is 0.0752. The number of hydrogen-bond acceptors (Lipinski definition) is 5. The summed E-state index contributed by atoms with van der Waals surface area (Å²) in [7, 11) is 0. The largest absolute Gasteiger partial charge is 0.484 e. The number of ether oxygens (including phenoxy) is 1. The molecule has 1 aromatic heterocycles. The molecule has 2 heterocycles. The SMILES string of the molecule is O=C1CC(C(F)(F)F)N(C(=O)COc2ccc3ccc(=O)oc3c2)c2ccccc2N1. The smallest absolute Gasteiger partial charge is 0.409 e. The van der Waals surface area contributed by atoms with Crippen LogP contribution < -0.4 is 20.6 Å². The van der Waals surface area contributed by atoms with Gasteiger partial charge < -0.3 is 14.5 Å².